The van der Waals surface area contributed by atoms with E-state index in [1.165, 1.54) is 4.21 Å². The van der Waals surface area contributed by atoms with E-state index in [1.807, 2.05) is 23.6 Å². The molecule has 0 aliphatic rings. The molecule has 3 N–H and O–H groups in total. The minimum Gasteiger partial charge on any atom is -0.409 e. The van der Waals surface area contributed by atoms with Crippen LogP contribution in [0.3, 0.4) is 0 Å². The zero-order chi connectivity index (χ0) is 12.1. The third-order valence-corrected chi connectivity index (χ3v) is 4.29. The molecule has 6 heteroatoms. The number of rotatable bonds is 4. The number of oxime groups is 1. The number of nitrogens with two attached hydrogens (primary N) is 1. The maximum Gasteiger partial charge on any atom is 0.189 e. The van der Waals surface area contributed by atoms with Crippen LogP contribution in [-0.2, 0) is 5.75 Å². The monoisotopic (exact) mass is 265 g/mol. The second kappa shape index (κ2) is 5.70. The van der Waals surface area contributed by atoms with E-state index < -0.39 is 0 Å². The van der Waals surface area contributed by atoms with Crippen molar-refractivity contribution in [1.29, 1.82) is 0 Å². The van der Waals surface area contributed by atoms with Gasteiger partial charge in [-0.3, -0.25) is 4.98 Å². The van der Waals surface area contributed by atoms with Crippen LogP contribution in [0.25, 0.3) is 0 Å². The van der Waals surface area contributed by atoms with Crippen LogP contribution in [-0.4, -0.2) is 16.0 Å². The van der Waals surface area contributed by atoms with E-state index >= 15 is 0 Å². The van der Waals surface area contributed by atoms with Crippen LogP contribution >= 0.6 is 23.1 Å². The normalized spacial score (nSPS) is 11.6. The van der Waals surface area contributed by atoms with E-state index in [-0.39, 0.29) is 5.84 Å². The van der Waals surface area contributed by atoms with E-state index in [4.69, 9.17) is 10.9 Å². The average Bonchev–Trinajstić information content (AvgIpc) is 2.89. The van der Waals surface area contributed by atoms with Gasteiger partial charge in [0.1, 0.15) is 5.69 Å². The number of amidine groups is 1. The van der Waals surface area contributed by atoms with Gasteiger partial charge < -0.3 is 10.9 Å². The fourth-order valence-electron chi connectivity index (χ4n) is 1.33. The standard InChI is InChI=1S/C11H11N3OS2/c12-11(14-15)10-8(3-1-5-13-10)7-17-9-4-2-6-16-9/h1-6,15H,7H2,(H2,12,14). The Kier molecular flexibility index (Phi) is 4.00. The molecule has 0 atom stereocenters. The van der Waals surface area contributed by atoms with Crippen LogP contribution in [0.4, 0.5) is 0 Å². The maximum absolute atomic E-state index is 8.68. The molecule has 2 heterocycles. The first-order valence-electron chi connectivity index (χ1n) is 4.89. The van der Waals surface area contributed by atoms with Crippen LogP contribution < -0.4 is 5.73 Å². The van der Waals surface area contributed by atoms with Gasteiger partial charge in [0.05, 0.1) is 4.21 Å². The molecule has 0 unspecified atom stereocenters. The molecule has 0 bridgehead atoms. The highest BCUT2D eigenvalue weighted by Gasteiger charge is 2.08. The molecule has 0 aliphatic heterocycles. The predicted octanol–water partition coefficient (Wildman–Crippen LogP) is 2.53. The summed E-state index contributed by atoms with van der Waals surface area (Å²) in [6.45, 7) is 0. The Hall–Kier alpha value is -1.53. The molecule has 0 saturated heterocycles. The van der Waals surface area contributed by atoms with E-state index in [1.54, 1.807) is 29.3 Å². The summed E-state index contributed by atoms with van der Waals surface area (Å²) < 4.78 is 1.24. The van der Waals surface area contributed by atoms with Gasteiger partial charge in [-0.25, -0.2) is 0 Å². The molecule has 2 aromatic rings. The summed E-state index contributed by atoms with van der Waals surface area (Å²) in [5, 5.41) is 13.7. The number of thioether (sulfide) groups is 1. The fraction of sp³-hybridized carbons (Fsp3) is 0.0909. The Morgan fingerprint density at radius 1 is 1.47 bits per heavy atom. The van der Waals surface area contributed by atoms with Crippen molar-refractivity contribution in [1.82, 2.24) is 4.98 Å². The van der Waals surface area contributed by atoms with E-state index in [9.17, 15) is 0 Å². The lowest BCUT2D eigenvalue weighted by atomic mass is 10.2. The van der Waals surface area contributed by atoms with Gasteiger partial charge in [0, 0.05) is 11.9 Å². The maximum atomic E-state index is 8.68. The highest BCUT2D eigenvalue weighted by atomic mass is 32.2. The van der Waals surface area contributed by atoms with Crippen LogP contribution in [0.1, 0.15) is 11.3 Å². The predicted molar refractivity (Wildman–Crippen MR) is 70.6 cm³/mol. The highest BCUT2D eigenvalue weighted by molar-refractivity contribution is 8.00. The fourth-order valence-corrected chi connectivity index (χ4v) is 3.10. The van der Waals surface area contributed by atoms with Crippen molar-refractivity contribution in [2.45, 2.75) is 9.96 Å². The van der Waals surface area contributed by atoms with Gasteiger partial charge in [0.25, 0.3) is 0 Å². The third-order valence-electron chi connectivity index (χ3n) is 2.11. The van der Waals surface area contributed by atoms with E-state index in [2.05, 4.69) is 16.2 Å². The summed E-state index contributed by atoms with van der Waals surface area (Å²) >= 11 is 3.40. The van der Waals surface area contributed by atoms with Gasteiger partial charge in [0.15, 0.2) is 5.84 Å². The molecule has 0 aromatic carbocycles. The first kappa shape index (κ1) is 11.9. The molecule has 4 nitrogen and oxygen atoms in total. The highest BCUT2D eigenvalue weighted by Crippen LogP contribution is 2.27. The van der Waals surface area contributed by atoms with Crippen molar-refractivity contribution in [2.24, 2.45) is 10.9 Å². The summed E-state index contributed by atoms with van der Waals surface area (Å²) in [6, 6.07) is 7.86. The van der Waals surface area contributed by atoms with Gasteiger partial charge in [-0.1, -0.05) is 17.3 Å². The first-order valence-corrected chi connectivity index (χ1v) is 6.76. The molecule has 2 aromatic heterocycles. The smallest absolute Gasteiger partial charge is 0.189 e. The van der Waals surface area contributed by atoms with Gasteiger partial charge in [-0.05, 0) is 23.1 Å². The Labute approximate surface area is 107 Å². The van der Waals surface area contributed by atoms with Gasteiger partial charge >= 0.3 is 0 Å². The van der Waals surface area contributed by atoms with Crippen molar-refractivity contribution < 1.29 is 5.21 Å². The lowest BCUT2D eigenvalue weighted by Gasteiger charge is -2.05. The number of nitrogens with zero attached hydrogens (tertiary/aromatic N) is 2. The van der Waals surface area contributed by atoms with Crippen LogP contribution in [0.2, 0.25) is 0 Å². The van der Waals surface area contributed by atoms with Gasteiger partial charge in [-0.15, -0.1) is 23.1 Å². The molecule has 0 amide bonds. The Balaban J connectivity index is 2.15. The number of aromatic nitrogens is 1. The minimum absolute atomic E-state index is 0.0485. The molecule has 0 aliphatic carbocycles. The first-order chi connectivity index (χ1) is 8.31. The van der Waals surface area contributed by atoms with Gasteiger partial charge in [-0.2, -0.15) is 0 Å². The van der Waals surface area contributed by atoms with Crippen molar-refractivity contribution >= 4 is 28.9 Å². The lowest BCUT2D eigenvalue weighted by Crippen LogP contribution is -2.17. The summed E-state index contributed by atoms with van der Waals surface area (Å²) in [5.41, 5.74) is 7.08. The van der Waals surface area contributed by atoms with Crippen molar-refractivity contribution in [3.8, 4) is 0 Å². The van der Waals surface area contributed by atoms with Crippen LogP contribution in [0, 0.1) is 0 Å². The molecule has 2 rings (SSSR count). The third kappa shape index (κ3) is 2.98. The second-order valence-corrected chi connectivity index (χ2v) is 5.44. The zero-order valence-corrected chi connectivity index (χ0v) is 10.5. The second-order valence-electron chi connectivity index (χ2n) is 3.22. The van der Waals surface area contributed by atoms with Crippen molar-refractivity contribution in [2.75, 3.05) is 0 Å². The van der Waals surface area contributed by atoms with Gasteiger partial charge in [0.2, 0.25) is 0 Å². The average molecular weight is 265 g/mol. The lowest BCUT2D eigenvalue weighted by molar-refractivity contribution is 0.318. The summed E-state index contributed by atoms with van der Waals surface area (Å²) in [7, 11) is 0. The number of hydrogen-bond acceptors (Lipinski definition) is 5. The van der Waals surface area contributed by atoms with Crippen molar-refractivity contribution in [3.63, 3.8) is 0 Å². The molecule has 88 valence electrons. The molecule has 17 heavy (non-hydrogen) atoms. The minimum atomic E-state index is 0.0485. The van der Waals surface area contributed by atoms with Crippen LogP contribution in [0.15, 0.2) is 45.2 Å². The summed E-state index contributed by atoms with van der Waals surface area (Å²) in [6.07, 6.45) is 1.63. The molecular formula is C11H11N3OS2. The molecule has 0 fully saturated rings. The summed E-state index contributed by atoms with van der Waals surface area (Å²) in [5.74, 6) is 0.798. The molecule has 0 radical (unpaired) electrons. The van der Waals surface area contributed by atoms with E-state index in [0.29, 0.717) is 5.69 Å². The molecular weight excluding hydrogens is 254 g/mol. The Bertz CT molecular complexity index is 511. The SMILES string of the molecule is NC(=NO)c1ncccc1CSc1cccs1. The molecule has 0 spiro atoms. The molecule has 0 saturated carbocycles. The quantitative estimate of drug-likeness (QED) is 0.293. The van der Waals surface area contributed by atoms with Crippen molar-refractivity contribution in [3.05, 3.63) is 47.1 Å². The summed E-state index contributed by atoms with van der Waals surface area (Å²) in [4.78, 5) is 4.12. The zero-order valence-electron chi connectivity index (χ0n) is 8.91. The number of hydrogen-bond donors (Lipinski definition) is 2. The number of thiophene rings is 1. The Morgan fingerprint density at radius 2 is 2.35 bits per heavy atom. The largest absolute Gasteiger partial charge is 0.409 e. The topological polar surface area (TPSA) is 71.5 Å². The Morgan fingerprint density at radius 3 is 3.06 bits per heavy atom. The van der Waals surface area contributed by atoms with Crippen LogP contribution in [0.5, 0.6) is 0 Å². The number of pyridine rings is 1. The van der Waals surface area contributed by atoms with E-state index in [0.717, 1.165) is 11.3 Å².